The molecule has 0 aliphatic rings. The molecule has 0 radical (unpaired) electrons. The Bertz CT molecular complexity index is 1790. The van der Waals surface area contributed by atoms with Crippen LogP contribution in [0.15, 0.2) is 104 Å². The summed E-state index contributed by atoms with van der Waals surface area (Å²) in [6.07, 6.45) is 7.56. The average Bonchev–Trinajstić information content (AvgIpc) is 2.99. The summed E-state index contributed by atoms with van der Waals surface area (Å²) in [5, 5.41) is 13.2. The Balaban J connectivity index is 1.24. The predicted molar refractivity (Wildman–Crippen MR) is 159 cm³/mol. The summed E-state index contributed by atoms with van der Waals surface area (Å²) < 4.78 is 0. The highest BCUT2D eigenvalue weighted by Gasteiger charge is 2.14. The number of anilines is 5. The Kier molecular flexibility index (Phi) is 7.73. The molecule has 0 saturated heterocycles. The van der Waals surface area contributed by atoms with Gasteiger partial charge in [-0.2, -0.15) is 0 Å². The van der Waals surface area contributed by atoms with Gasteiger partial charge in [-0.1, -0.05) is 24.8 Å². The summed E-state index contributed by atoms with van der Waals surface area (Å²) >= 11 is 0. The van der Waals surface area contributed by atoms with E-state index in [-0.39, 0.29) is 17.7 Å². The van der Waals surface area contributed by atoms with Crippen LogP contribution in [0.3, 0.4) is 0 Å². The SMILES string of the molecule is C=CC(=O)Nc1cccc(Nc2ncc(NC(=O)c3cc(NC(=O)c4ccc5cnccc5c4)ccc3C)cn2)c1. The van der Waals surface area contributed by atoms with Crippen molar-refractivity contribution in [2.24, 2.45) is 0 Å². The van der Waals surface area contributed by atoms with E-state index in [9.17, 15) is 14.4 Å². The maximum Gasteiger partial charge on any atom is 0.256 e. The number of carbonyl (C=O) groups is 3. The van der Waals surface area contributed by atoms with Crippen LogP contribution in [0.2, 0.25) is 0 Å². The molecule has 41 heavy (non-hydrogen) atoms. The Labute approximate surface area is 235 Å². The van der Waals surface area contributed by atoms with Gasteiger partial charge in [-0.3, -0.25) is 19.4 Å². The molecule has 3 aromatic carbocycles. The third-order valence-corrected chi connectivity index (χ3v) is 6.12. The second-order valence-corrected chi connectivity index (χ2v) is 9.07. The van der Waals surface area contributed by atoms with Crippen molar-refractivity contribution in [3.63, 3.8) is 0 Å². The van der Waals surface area contributed by atoms with Gasteiger partial charge in [-0.05, 0) is 72.5 Å². The van der Waals surface area contributed by atoms with E-state index in [1.54, 1.807) is 67.0 Å². The minimum atomic E-state index is -0.369. The van der Waals surface area contributed by atoms with Crippen LogP contribution in [0.1, 0.15) is 26.3 Å². The van der Waals surface area contributed by atoms with E-state index >= 15 is 0 Å². The van der Waals surface area contributed by atoms with Gasteiger partial charge in [0, 0.05) is 46.0 Å². The number of aryl methyl sites for hydroxylation is 1. The quantitative estimate of drug-likeness (QED) is 0.184. The minimum Gasteiger partial charge on any atom is -0.324 e. The van der Waals surface area contributed by atoms with Crippen LogP contribution in [-0.2, 0) is 4.79 Å². The van der Waals surface area contributed by atoms with Gasteiger partial charge < -0.3 is 21.3 Å². The van der Waals surface area contributed by atoms with E-state index in [0.717, 1.165) is 16.3 Å². The molecule has 0 aliphatic heterocycles. The second-order valence-electron chi connectivity index (χ2n) is 9.07. The summed E-state index contributed by atoms with van der Waals surface area (Å²) in [6, 6.07) is 19.4. The summed E-state index contributed by atoms with van der Waals surface area (Å²) in [5.74, 6) is -0.665. The maximum absolute atomic E-state index is 13.1. The van der Waals surface area contributed by atoms with Gasteiger partial charge in [0.05, 0.1) is 18.1 Å². The van der Waals surface area contributed by atoms with Crippen molar-refractivity contribution in [2.75, 3.05) is 21.3 Å². The van der Waals surface area contributed by atoms with Gasteiger partial charge in [0.2, 0.25) is 11.9 Å². The molecule has 3 amide bonds. The fraction of sp³-hybridized carbons (Fsp3) is 0.0323. The molecule has 0 spiro atoms. The van der Waals surface area contributed by atoms with Crippen LogP contribution in [0, 0.1) is 6.92 Å². The molecule has 0 saturated carbocycles. The number of hydrogen-bond acceptors (Lipinski definition) is 7. The molecule has 2 aromatic heterocycles. The fourth-order valence-electron chi connectivity index (χ4n) is 4.02. The van der Waals surface area contributed by atoms with Crippen molar-refractivity contribution in [2.45, 2.75) is 6.92 Å². The third-order valence-electron chi connectivity index (χ3n) is 6.12. The molecule has 0 atom stereocenters. The number of benzene rings is 3. The molecule has 10 heteroatoms. The van der Waals surface area contributed by atoms with E-state index in [0.29, 0.717) is 39.8 Å². The lowest BCUT2D eigenvalue weighted by Crippen LogP contribution is -2.16. The topological polar surface area (TPSA) is 138 Å². The minimum absolute atomic E-state index is 0.288. The molecule has 5 aromatic rings. The number of nitrogens with one attached hydrogen (secondary N) is 4. The molecule has 2 heterocycles. The van der Waals surface area contributed by atoms with Crippen LogP contribution in [0.5, 0.6) is 0 Å². The van der Waals surface area contributed by atoms with Crippen molar-refractivity contribution in [3.8, 4) is 0 Å². The summed E-state index contributed by atoms with van der Waals surface area (Å²) in [6.45, 7) is 5.25. The van der Waals surface area contributed by atoms with Crippen molar-refractivity contribution in [1.82, 2.24) is 15.0 Å². The number of carbonyl (C=O) groups excluding carboxylic acids is 3. The number of pyridine rings is 1. The van der Waals surface area contributed by atoms with E-state index < -0.39 is 0 Å². The molecule has 202 valence electrons. The van der Waals surface area contributed by atoms with Gasteiger partial charge in [0.25, 0.3) is 11.8 Å². The first kappa shape index (κ1) is 26.7. The van der Waals surface area contributed by atoms with Crippen LogP contribution in [0.25, 0.3) is 10.8 Å². The van der Waals surface area contributed by atoms with Gasteiger partial charge >= 0.3 is 0 Å². The summed E-state index contributed by atoms with van der Waals surface area (Å²) in [4.78, 5) is 50.1. The van der Waals surface area contributed by atoms with Gasteiger partial charge in [0.1, 0.15) is 0 Å². The Hall–Kier alpha value is -5.90. The van der Waals surface area contributed by atoms with Crippen molar-refractivity contribution >= 4 is 57.2 Å². The van der Waals surface area contributed by atoms with Crippen LogP contribution >= 0.6 is 0 Å². The standard InChI is InChI=1S/C31H25N7O3/c1-3-28(39)35-23-5-4-6-24(14-23)38-31-33-17-26(18-34-31)37-30(41)27-15-25(10-7-19(27)2)36-29(40)21-8-9-22-16-32-12-11-20(22)13-21/h3-18H,1H2,2H3,(H,35,39)(H,36,40)(H,37,41)(H,33,34,38). The number of amides is 3. The molecule has 0 fully saturated rings. The van der Waals surface area contributed by atoms with Gasteiger partial charge in [-0.15, -0.1) is 0 Å². The molecule has 0 aliphatic carbocycles. The molecule has 4 N–H and O–H groups in total. The van der Waals surface area contributed by atoms with Gasteiger partial charge in [0.15, 0.2) is 0 Å². The lowest BCUT2D eigenvalue weighted by Gasteiger charge is -2.12. The van der Waals surface area contributed by atoms with Crippen LogP contribution in [-0.4, -0.2) is 32.7 Å². The van der Waals surface area contributed by atoms with Gasteiger partial charge in [-0.25, -0.2) is 9.97 Å². The maximum atomic E-state index is 13.1. The zero-order chi connectivity index (χ0) is 28.8. The van der Waals surface area contributed by atoms with Crippen molar-refractivity contribution < 1.29 is 14.4 Å². The average molecular weight is 544 g/mol. The first-order valence-electron chi connectivity index (χ1n) is 12.6. The van der Waals surface area contributed by atoms with Crippen LogP contribution in [0.4, 0.5) is 28.7 Å². The van der Waals surface area contributed by atoms with Crippen molar-refractivity contribution in [3.05, 3.63) is 121 Å². The van der Waals surface area contributed by atoms with E-state index in [4.69, 9.17) is 0 Å². The number of fused-ring (bicyclic) bond motifs is 1. The molecule has 0 unspecified atom stereocenters. The zero-order valence-electron chi connectivity index (χ0n) is 22.0. The third kappa shape index (κ3) is 6.58. The van der Waals surface area contributed by atoms with E-state index in [1.807, 2.05) is 19.1 Å². The lowest BCUT2D eigenvalue weighted by atomic mass is 10.1. The van der Waals surface area contributed by atoms with E-state index in [2.05, 4.69) is 42.8 Å². The molecule has 10 nitrogen and oxygen atoms in total. The number of rotatable bonds is 8. The summed E-state index contributed by atoms with van der Waals surface area (Å²) in [7, 11) is 0. The Morgan fingerprint density at radius 3 is 2.29 bits per heavy atom. The molecular weight excluding hydrogens is 518 g/mol. The number of aromatic nitrogens is 3. The first-order chi connectivity index (χ1) is 19.9. The molecule has 5 rings (SSSR count). The first-order valence-corrected chi connectivity index (χ1v) is 12.6. The highest BCUT2D eigenvalue weighted by molar-refractivity contribution is 6.09. The highest BCUT2D eigenvalue weighted by atomic mass is 16.2. The monoisotopic (exact) mass is 543 g/mol. The van der Waals surface area contributed by atoms with E-state index in [1.165, 1.54) is 18.5 Å². The zero-order valence-corrected chi connectivity index (χ0v) is 22.0. The Morgan fingerprint density at radius 1 is 0.732 bits per heavy atom. The number of hydrogen-bond donors (Lipinski definition) is 4. The summed E-state index contributed by atoms with van der Waals surface area (Å²) in [5.41, 5.74) is 3.77. The number of nitrogens with zero attached hydrogens (tertiary/aromatic N) is 3. The van der Waals surface area contributed by atoms with Crippen molar-refractivity contribution in [1.29, 1.82) is 0 Å². The lowest BCUT2D eigenvalue weighted by molar-refractivity contribution is -0.111. The fourth-order valence-corrected chi connectivity index (χ4v) is 4.02. The Morgan fingerprint density at radius 2 is 1.49 bits per heavy atom. The molecule has 0 bridgehead atoms. The smallest absolute Gasteiger partial charge is 0.256 e. The normalized spacial score (nSPS) is 10.5. The van der Waals surface area contributed by atoms with Crippen LogP contribution < -0.4 is 21.3 Å². The largest absolute Gasteiger partial charge is 0.324 e. The molecular formula is C31H25N7O3. The predicted octanol–water partition coefficient (Wildman–Crippen LogP) is 5.71. The highest BCUT2D eigenvalue weighted by Crippen LogP contribution is 2.21. The second kappa shape index (κ2) is 11.9.